The van der Waals surface area contributed by atoms with E-state index in [9.17, 15) is 5.11 Å². The minimum absolute atomic E-state index is 0.623. The van der Waals surface area contributed by atoms with Gasteiger partial charge in [0.1, 0.15) is 6.10 Å². The average molecular weight is 231 g/mol. The van der Waals surface area contributed by atoms with Gasteiger partial charge in [-0.2, -0.15) is 0 Å². The summed E-state index contributed by atoms with van der Waals surface area (Å²) in [6.45, 7) is 1.91. The number of halogens is 1. The monoisotopic (exact) mass is 230 g/mol. The summed E-state index contributed by atoms with van der Waals surface area (Å²) in [5.41, 5.74) is 1.65. The number of methoxy groups -OCH3 is 2. The molecule has 1 rings (SSSR count). The lowest BCUT2D eigenvalue weighted by Crippen LogP contribution is -2.22. The van der Waals surface area contributed by atoms with Crippen LogP contribution in [0.25, 0.3) is 0 Å². The highest BCUT2D eigenvalue weighted by atomic mass is 35.5. The molecule has 0 fully saturated rings. The van der Waals surface area contributed by atoms with Crippen LogP contribution in [0.4, 0.5) is 0 Å². The fourth-order valence-corrected chi connectivity index (χ4v) is 1.49. The fraction of sp³-hybridized carbons (Fsp3) is 0.455. The van der Waals surface area contributed by atoms with Crippen molar-refractivity contribution in [2.24, 2.45) is 0 Å². The van der Waals surface area contributed by atoms with Gasteiger partial charge >= 0.3 is 0 Å². The zero-order valence-electron chi connectivity index (χ0n) is 9.03. The molecule has 0 aromatic heterocycles. The molecule has 0 radical (unpaired) electrons. The van der Waals surface area contributed by atoms with Crippen LogP contribution in [0.5, 0.6) is 0 Å². The Morgan fingerprint density at radius 2 is 1.87 bits per heavy atom. The summed E-state index contributed by atoms with van der Waals surface area (Å²) in [5, 5.41) is 10.5. The van der Waals surface area contributed by atoms with Crippen molar-refractivity contribution >= 4 is 11.6 Å². The maximum atomic E-state index is 9.89. The largest absolute Gasteiger partial charge is 0.383 e. The van der Waals surface area contributed by atoms with Gasteiger partial charge in [-0.05, 0) is 24.1 Å². The Balaban J connectivity index is 2.90. The molecule has 0 aliphatic rings. The smallest absolute Gasteiger partial charge is 0.187 e. The SMILES string of the molecule is COC(OC)C(O)c1ccc(C)c(Cl)c1. The van der Waals surface area contributed by atoms with Crippen LogP contribution < -0.4 is 0 Å². The van der Waals surface area contributed by atoms with E-state index in [-0.39, 0.29) is 0 Å². The highest BCUT2D eigenvalue weighted by Gasteiger charge is 2.20. The molecular weight excluding hydrogens is 216 g/mol. The molecule has 0 bridgehead atoms. The summed E-state index contributed by atoms with van der Waals surface area (Å²) in [6, 6.07) is 5.37. The zero-order valence-corrected chi connectivity index (χ0v) is 9.78. The molecule has 0 spiro atoms. The van der Waals surface area contributed by atoms with Gasteiger partial charge in [-0.3, -0.25) is 0 Å². The third-order valence-corrected chi connectivity index (χ3v) is 2.67. The van der Waals surface area contributed by atoms with Gasteiger partial charge in [-0.25, -0.2) is 0 Å². The van der Waals surface area contributed by atoms with Gasteiger partial charge in [0, 0.05) is 19.2 Å². The van der Waals surface area contributed by atoms with E-state index < -0.39 is 12.4 Å². The van der Waals surface area contributed by atoms with Crippen LogP contribution >= 0.6 is 11.6 Å². The Morgan fingerprint density at radius 1 is 1.27 bits per heavy atom. The maximum absolute atomic E-state index is 9.89. The zero-order chi connectivity index (χ0) is 11.4. The molecule has 1 unspecified atom stereocenters. The molecule has 0 amide bonds. The molecule has 15 heavy (non-hydrogen) atoms. The van der Waals surface area contributed by atoms with Crippen molar-refractivity contribution in [2.45, 2.75) is 19.3 Å². The molecular formula is C11H15ClO3. The molecule has 1 atom stereocenters. The Kier molecular flexibility index (Phi) is 4.54. The van der Waals surface area contributed by atoms with E-state index in [1.165, 1.54) is 14.2 Å². The minimum atomic E-state index is -0.835. The van der Waals surface area contributed by atoms with Crippen LogP contribution in [0.1, 0.15) is 17.2 Å². The topological polar surface area (TPSA) is 38.7 Å². The second-order valence-electron chi connectivity index (χ2n) is 3.29. The number of ether oxygens (including phenoxy) is 2. The summed E-state index contributed by atoms with van der Waals surface area (Å²) in [7, 11) is 2.96. The predicted molar refractivity (Wildman–Crippen MR) is 59.0 cm³/mol. The lowest BCUT2D eigenvalue weighted by Gasteiger charge is -2.20. The first-order chi connectivity index (χ1) is 7.10. The molecule has 3 nitrogen and oxygen atoms in total. The first-order valence-electron chi connectivity index (χ1n) is 4.60. The molecule has 0 saturated heterocycles. The van der Waals surface area contributed by atoms with Crippen molar-refractivity contribution in [3.63, 3.8) is 0 Å². The normalized spacial score (nSPS) is 13.2. The highest BCUT2D eigenvalue weighted by Crippen LogP contribution is 2.24. The molecule has 1 aromatic carbocycles. The van der Waals surface area contributed by atoms with Crippen molar-refractivity contribution in [3.8, 4) is 0 Å². The van der Waals surface area contributed by atoms with Gasteiger partial charge in [0.2, 0.25) is 0 Å². The van der Waals surface area contributed by atoms with Crippen LogP contribution in [-0.2, 0) is 9.47 Å². The Labute approximate surface area is 94.6 Å². The number of benzene rings is 1. The molecule has 0 saturated carbocycles. The molecule has 84 valence electrons. The van der Waals surface area contributed by atoms with E-state index in [0.717, 1.165) is 5.56 Å². The van der Waals surface area contributed by atoms with Gasteiger partial charge in [-0.1, -0.05) is 23.7 Å². The molecule has 0 aliphatic carbocycles. The van der Waals surface area contributed by atoms with E-state index in [0.29, 0.717) is 10.6 Å². The van der Waals surface area contributed by atoms with E-state index in [1.54, 1.807) is 12.1 Å². The molecule has 4 heteroatoms. The van der Waals surface area contributed by atoms with Gasteiger partial charge in [0.25, 0.3) is 0 Å². The van der Waals surface area contributed by atoms with E-state index in [4.69, 9.17) is 21.1 Å². The van der Waals surface area contributed by atoms with Crippen LogP contribution in [0.2, 0.25) is 5.02 Å². The average Bonchev–Trinajstić information content (AvgIpc) is 2.23. The standard InChI is InChI=1S/C11H15ClO3/c1-7-4-5-8(6-9(7)12)10(13)11(14-2)15-3/h4-6,10-11,13H,1-3H3. The molecule has 1 aromatic rings. The van der Waals surface area contributed by atoms with Crippen LogP contribution in [0.3, 0.4) is 0 Å². The van der Waals surface area contributed by atoms with Crippen LogP contribution in [0.15, 0.2) is 18.2 Å². The molecule has 1 N–H and O–H groups in total. The molecule has 0 heterocycles. The number of hydrogen-bond donors (Lipinski definition) is 1. The summed E-state index contributed by atoms with van der Waals surface area (Å²) in [4.78, 5) is 0. The lowest BCUT2D eigenvalue weighted by atomic mass is 10.1. The summed E-state index contributed by atoms with van der Waals surface area (Å²) >= 11 is 5.96. The highest BCUT2D eigenvalue weighted by molar-refractivity contribution is 6.31. The van der Waals surface area contributed by atoms with E-state index in [2.05, 4.69) is 0 Å². The van der Waals surface area contributed by atoms with Crippen LogP contribution in [0, 0.1) is 6.92 Å². The first kappa shape index (κ1) is 12.5. The third-order valence-electron chi connectivity index (χ3n) is 2.26. The van der Waals surface area contributed by atoms with E-state index >= 15 is 0 Å². The van der Waals surface area contributed by atoms with Gasteiger partial charge in [0.05, 0.1) is 0 Å². The number of aliphatic hydroxyl groups is 1. The Hall–Kier alpha value is -0.610. The van der Waals surface area contributed by atoms with Gasteiger partial charge in [0.15, 0.2) is 6.29 Å². The second kappa shape index (κ2) is 5.47. The Morgan fingerprint density at radius 3 is 2.33 bits per heavy atom. The van der Waals surface area contributed by atoms with E-state index in [1.807, 2.05) is 13.0 Å². The number of hydrogen-bond acceptors (Lipinski definition) is 3. The third kappa shape index (κ3) is 2.92. The summed E-state index contributed by atoms with van der Waals surface area (Å²) < 4.78 is 9.94. The van der Waals surface area contributed by atoms with Crippen molar-refractivity contribution in [1.29, 1.82) is 0 Å². The Bertz CT molecular complexity index is 324. The maximum Gasteiger partial charge on any atom is 0.187 e. The fourth-order valence-electron chi connectivity index (χ4n) is 1.30. The second-order valence-corrected chi connectivity index (χ2v) is 3.70. The lowest BCUT2D eigenvalue weighted by molar-refractivity contribution is -0.166. The van der Waals surface area contributed by atoms with Crippen LogP contribution in [-0.4, -0.2) is 25.6 Å². The summed E-state index contributed by atoms with van der Waals surface area (Å²) in [5.74, 6) is 0. The van der Waals surface area contributed by atoms with Crippen molar-refractivity contribution in [3.05, 3.63) is 34.3 Å². The summed E-state index contributed by atoms with van der Waals surface area (Å²) in [6.07, 6.45) is -1.51. The number of aryl methyl sites for hydroxylation is 1. The van der Waals surface area contributed by atoms with Crippen molar-refractivity contribution in [2.75, 3.05) is 14.2 Å². The van der Waals surface area contributed by atoms with Gasteiger partial charge in [-0.15, -0.1) is 0 Å². The number of rotatable bonds is 4. The minimum Gasteiger partial charge on any atom is -0.383 e. The first-order valence-corrected chi connectivity index (χ1v) is 4.97. The molecule has 0 aliphatic heterocycles. The van der Waals surface area contributed by atoms with Crippen molar-refractivity contribution in [1.82, 2.24) is 0 Å². The quantitative estimate of drug-likeness (QED) is 0.807. The van der Waals surface area contributed by atoms with Gasteiger partial charge < -0.3 is 14.6 Å². The van der Waals surface area contributed by atoms with Crippen molar-refractivity contribution < 1.29 is 14.6 Å². The predicted octanol–water partition coefficient (Wildman–Crippen LogP) is 2.30. The number of aliphatic hydroxyl groups excluding tert-OH is 1.